The fourth-order valence-electron chi connectivity index (χ4n) is 1.70. The highest BCUT2D eigenvalue weighted by Gasteiger charge is 2.20. The summed E-state index contributed by atoms with van der Waals surface area (Å²) in [5.41, 5.74) is 1.08. The first-order chi connectivity index (χ1) is 9.58. The van der Waals surface area contributed by atoms with Crippen LogP contribution in [-0.4, -0.2) is 32.2 Å². The summed E-state index contributed by atoms with van der Waals surface area (Å²) in [5, 5.41) is 13.8. The van der Waals surface area contributed by atoms with Crippen molar-refractivity contribution in [1.29, 1.82) is 0 Å². The van der Waals surface area contributed by atoms with Crippen LogP contribution in [0.25, 0.3) is 0 Å². The number of carbonyl (C=O) groups excluding carboxylic acids is 1. The van der Waals surface area contributed by atoms with E-state index in [1.165, 1.54) is 4.80 Å². The molecule has 0 spiro atoms. The number of aryl methyl sites for hydroxylation is 2. The maximum atomic E-state index is 12.1. The third kappa shape index (κ3) is 3.53. The molecule has 1 aromatic heterocycles. The Morgan fingerprint density at radius 3 is 2.90 bits per heavy atom. The lowest BCUT2D eigenvalue weighted by Gasteiger charge is -2.16. The average Bonchev–Trinajstić information content (AvgIpc) is 2.81. The molecule has 1 amide bonds. The predicted molar refractivity (Wildman–Crippen MR) is 73.3 cm³/mol. The van der Waals surface area contributed by atoms with E-state index in [2.05, 4.69) is 20.7 Å². The van der Waals surface area contributed by atoms with Gasteiger partial charge in [0, 0.05) is 0 Å². The number of nitrogens with zero attached hydrogens (tertiary/aromatic N) is 4. The number of tetrazole rings is 1. The highest BCUT2D eigenvalue weighted by molar-refractivity contribution is 5.92. The first-order valence-electron chi connectivity index (χ1n) is 6.36. The van der Waals surface area contributed by atoms with Gasteiger partial charge in [-0.05, 0) is 36.3 Å². The van der Waals surface area contributed by atoms with Crippen molar-refractivity contribution >= 4 is 11.9 Å². The van der Waals surface area contributed by atoms with Crippen molar-refractivity contribution in [3.63, 3.8) is 0 Å². The number of anilines is 1. The second kappa shape index (κ2) is 6.14. The lowest BCUT2D eigenvalue weighted by molar-refractivity contribution is -0.122. The van der Waals surface area contributed by atoms with E-state index in [9.17, 15) is 4.79 Å². The zero-order chi connectivity index (χ0) is 14.5. The molecule has 0 radical (unpaired) electrons. The molecule has 0 aliphatic heterocycles. The lowest BCUT2D eigenvalue weighted by Crippen LogP contribution is -2.32. The van der Waals surface area contributed by atoms with Gasteiger partial charge >= 0.3 is 0 Å². The zero-order valence-electron chi connectivity index (χ0n) is 11.7. The van der Waals surface area contributed by atoms with Crippen LogP contribution >= 0.6 is 0 Å². The van der Waals surface area contributed by atoms with E-state index < -0.39 is 6.10 Å². The molecule has 1 unspecified atom stereocenters. The molecule has 1 atom stereocenters. The van der Waals surface area contributed by atoms with Crippen LogP contribution in [-0.2, 0) is 11.8 Å². The van der Waals surface area contributed by atoms with Gasteiger partial charge in [0.05, 0.1) is 7.05 Å². The fraction of sp³-hybridized carbons (Fsp3) is 0.385. The van der Waals surface area contributed by atoms with E-state index in [1.807, 2.05) is 38.1 Å². The van der Waals surface area contributed by atoms with Crippen LogP contribution < -0.4 is 10.1 Å². The Bertz CT molecular complexity index is 596. The van der Waals surface area contributed by atoms with E-state index in [0.29, 0.717) is 12.2 Å². The number of ether oxygens (including phenoxy) is 1. The molecule has 20 heavy (non-hydrogen) atoms. The molecule has 0 fully saturated rings. The zero-order valence-corrected chi connectivity index (χ0v) is 11.7. The number of rotatable bonds is 5. The molecule has 2 rings (SSSR count). The molecule has 1 N–H and O–H groups in total. The van der Waals surface area contributed by atoms with Crippen molar-refractivity contribution in [3.05, 3.63) is 29.8 Å². The van der Waals surface area contributed by atoms with E-state index in [0.717, 1.165) is 5.56 Å². The van der Waals surface area contributed by atoms with E-state index in [-0.39, 0.29) is 11.9 Å². The summed E-state index contributed by atoms with van der Waals surface area (Å²) in [4.78, 5) is 13.4. The van der Waals surface area contributed by atoms with Crippen LogP contribution in [0.2, 0.25) is 0 Å². The molecule has 0 bridgehead atoms. The molecule has 7 nitrogen and oxygen atoms in total. The Morgan fingerprint density at radius 2 is 2.30 bits per heavy atom. The van der Waals surface area contributed by atoms with Crippen LogP contribution in [0.1, 0.15) is 18.9 Å². The molecule has 1 aromatic carbocycles. The Kier molecular flexibility index (Phi) is 4.29. The normalized spacial score (nSPS) is 11.9. The molecular weight excluding hydrogens is 258 g/mol. The summed E-state index contributed by atoms with van der Waals surface area (Å²) in [6, 6.07) is 7.57. The van der Waals surface area contributed by atoms with Crippen molar-refractivity contribution in [2.24, 2.45) is 7.05 Å². The van der Waals surface area contributed by atoms with Crippen LogP contribution in [0.4, 0.5) is 5.95 Å². The first kappa shape index (κ1) is 14.0. The summed E-state index contributed by atoms with van der Waals surface area (Å²) in [6.45, 7) is 3.85. The Balaban J connectivity index is 2.02. The van der Waals surface area contributed by atoms with Gasteiger partial charge in [0.2, 0.25) is 0 Å². The van der Waals surface area contributed by atoms with Gasteiger partial charge in [-0.3, -0.25) is 10.1 Å². The summed E-state index contributed by atoms with van der Waals surface area (Å²) < 4.78 is 5.69. The fourth-order valence-corrected chi connectivity index (χ4v) is 1.70. The van der Waals surface area contributed by atoms with Gasteiger partial charge in [0.25, 0.3) is 11.9 Å². The van der Waals surface area contributed by atoms with E-state index in [1.54, 1.807) is 7.05 Å². The molecule has 0 saturated heterocycles. The minimum Gasteiger partial charge on any atom is -0.481 e. The average molecular weight is 275 g/mol. The number of hydrogen-bond acceptors (Lipinski definition) is 5. The number of aromatic nitrogens is 4. The van der Waals surface area contributed by atoms with Gasteiger partial charge in [-0.2, -0.15) is 4.80 Å². The van der Waals surface area contributed by atoms with Crippen LogP contribution in [0, 0.1) is 6.92 Å². The Labute approximate surface area is 116 Å². The summed E-state index contributed by atoms with van der Waals surface area (Å²) in [5.74, 6) is 0.546. The standard InChI is InChI=1S/C13H17N5O2/c1-4-11(20-10-7-5-6-9(2)8-10)12(19)14-13-15-17-18(3)16-13/h5-8,11H,4H2,1-3H3,(H,14,16,19). The van der Waals surface area contributed by atoms with Crippen molar-refractivity contribution in [3.8, 4) is 5.75 Å². The maximum Gasteiger partial charge on any atom is 0.270 e. The molecule has 0 aliphatic rings. The van der Waals surface area contributed by atoms with E-state index >= 15 is 0 Å². The van der Waals surface area contributed by atoms with Gasteiger partial charge in [-0.1, -0.05) is 24.2 Å². The minimum atomic E-state index is -0.597. The maximum absolute atomic E-state index is 12.1. The number of amides is 1. The highest BCUT2D eigenvalue weighted by atomic mass is 16.5. The summed E-state index contributed by atoms with van der Waals surface area (Å²) in [7, 11) is 1.63. The van der Waals surface area contributed by atoms with Crippen molar-refractivity contribution in [1.82, 2.24) is 20.2 Å². The topological polar surface area (TPSA) is 81.9 Å². The number of carbonyl (C=O) groups is 1. The van der Waals surface area contributed by atoms with Crippen molar-refractivity contribution < 1.29 is 9.53 Å². The van der Waals surface area contributed by atoms with Gasteiger partial charge in [-0.15, -0.1) is 5.10 Å². The van der Waals surface area contributed by atoms with Gasteiger partial charge in [0.15, 0.2) is 6.10 Å². The highest BCUT2D eigenvalue weighted by Crippen LogP contribution is 2.16. The van der Waals surface area contributed by atoms with Gasteiger partial charge < -0.3 is 4.74 Å². The molecular formula is C13H17N5O2. The first-order valence-corrected chi connectivity index (χ1v) is 6.36. The van der Waals surface area contributed by atoms with Crippen LogP contribution in [0.3, 0.4) is 0 Å². The van der Waals surface area contributed by atoms with Gasteiger partial charge in [-0.25, -0.2) is 0 Å². The lowest BCUT2D eigenvalue weighted by atomic mass is 10.2. The molecule has 1 heterocycles. The Morgan fingerprint density at radius 1 is 1.50 bits per heavy atom. The molecule has 106 valence electrons. The number of nitrogens with one attached hydrogen (secondary N) is 1. The second-order valence-electron chi connectivity index (χ2n) is 4.42. The Hall–Kier alpha value is -2.44. The SMILES string of the molecule is CCC(Oc1cccc(C)c1)C(=O)Nc1nnn(C)n1. The third-order valence-corrected chi connectivity index (χ3v) is 2.67. The largest absolute Gasteiger partial charge is 0.481 e. The molecule has 0 saturated carbocycles. The van der Waals surface area contributed by atoms with Crippen LogP contribution in [0.15, 0.2) is 24.3 Å². The second-order valence-corrected chi connectivity index (χ2v) is 4.42. The van der Waals surface area contributed by atoms with Crippen molar-refractivity contribution in [2.45, 2.75) is 26.4 Å². The molecule has 7 heteroatoms. The molecule has 0 aliphatic carbocycles. The van der Waals surface area contributed by atoms with E-state index in [4.69, 9.17) is 4.74 Å². The number of hydrogen-bond donors (Lipinski definition) is 1. The third-order valence-electron chi connectivity index (χ3n) is 2.67. The molecule has 2 aromatic rings. The predicted octanol–water partition coefficient (Wildman–Crippen LogP) is 1.31. The minimum absolute atomic E-state index is 0.170. The summed E-state index contributed by atoms with van der Waals surface area (Å²) >= 11 is 0. The van der Waals surface area contributed by atoms with Crippen LogP contribution in [0.5, 0.6) is 5.75 Å². The number of benzene rings is 1. The summed E-state index contributed by atoms with van der Waals surface area (Å²) in [6.07, 6.45) is -0.0550. The monoisotopic (exact) mass is 275 g/mol. The smallest absolute Gasteiger partial charge is 0.270 e. The van der Waals surface area contributed by atoms with Crippen molar-refractivity contribution in [2.75, 3.05) is 5.32 Å². The quantitative estimate of drug-likeness (QED) is 0.889. The van der Waals surface area contributed by atoms with Gasteiger partial charge in [0.1, 0.15) is 5.75 Å².